The summed E-state index contributed by atoms with van der Waals surface area (Å²) < 4.78 is 0. The molecule has 0 amide bonds. The van der Waals surface area contributed by atoms with Gasteiger partial charge in [-0.1, -0.05) is 6.08 Å². The lowest BCUT2D eigenvalue weighted by molar-refractivity contribution is 1.42. The van der Waals surface area contributed by atoms with Gasteiger partial charge in [0, 0.05) is 0 Å². The van der Waals surface area contributed by atoms with Gasteiger partial charge in [-0.2, -0.15) is 0 Å². The van der Waals surface area contributed by atoms with E-state index in [9.17, 15) is 0 Å². The van der Waals surface area contributed by atoms with Gasteiger partial charge in [-0.05, 0) is 6.92 Å². The maximum Gasteiger partial charge on any atom is 0.0514 e. The zero-order valence-electron chi connectivity index (χ0n) is 2.95. The molecule has 0 aromatic heterocycles. The number of allylic oxidation sites excluding steroid dienone is 1. The van der Waals surface area contributed by atoms with Gasteiger partial charge in [0.2, 0.25) is 0 Å². The van der Waals surface area contributed by atoms with Crippen LogP contribution in [-0.4, -0.2) is 5.38 Å². The Bertz CT molecular complexity index is 30.6. The Morgan fingerprint density at radius 2 is 2.00 bits per heavy atom. The van der Waals surface area contributed by atoms with Gasteiger partial charge in [0.15, 0.2) is 0 Å². The molecule has 0 aliphatic carbocycles. The van der Waals surface area contributed by atoms with E-state index in [1.165, 1.54) is 0 Å². The van der Waals surface area contributed by atoms with Crippen molar-refractivity contribution in [3.63, 3.8) is 0 Å². The van der Waals surface area contributed by atoms with Crippen molar-refractivity contribution >= 4 is 11.6 Å². The Hall–Kier alpha value is 0.0300. The van der Waals surface area contributed by atoms with Crippen molar-refractivity contribution in [2.45, 2.75) is 5.38 Å². The van der Waals surface area contributed by atoms with E-state index in [0.717, 1.165) is 0 Å². The Morgan fingerprint density at radius 1 is 1.80 bits per heavy atom. The van der Waals surface area contributed by atoms with Crippen LogP contribution in [-0.2, 0) is 0 Å². The molecule has 0 rings (SSSR count). The first-order chi connectivity index (χ1) is 2.27. The molecule has 0 aliphatic heterocycles. The van der Waals surface area contributed by atoms with Gasteiger partial charge < -0.3 is 0 Å². The molecule has 0 aromatic rings. The molecular weight excluding hydrogens is 83.5 g/mol. The van der Waals surface area contributed by atoms with E-state index in [0.29, 0.717) is 0 Å². The van der Waals surface area contributed by atoms with Crippen LogP contribution in [0.5, 0.6) is 0 Å². The number of alkyl halides is 1. The van der Waals surface area contributed by atoms with Crippen molar-refractivity contribution in [1.29, 1.82) is 0 Å². The first kappa shape index (κ1) is 5.03. The summed E-state index contributed by atoms with van der Waals surface area (Å²) in [4.78, 5) is 0. The van der Waals surface area contributed by atoms with Crippen LogP contribution in [0.4, 0.5) is 0 Å². The lowest BCUT2D eigenvalue weighted by Crippen LogP contribution is -1.76. The van der Waals surface area contributed by atoms with E-state index in [1.54, 1.807) is 6.08 Å². The average molecular weight is 89.5 g/mol. The second-order valence-electron chi connectivity index (χ2n) is 0.752. The molecule has 1 atom stereocenters. The van der Waals surface area contributed by atoms with Crippen molar-refractivity contribution in [3.8, 4) is 0 Å². The van der Waals surface area contributed by atoms with E-state index in [-0.39, 0.29) is 5.38 Å². The SMILES string of the molecule is [CH2]C(Cl)C=C. The molecule has 0 aliphatic rings. The molecule has 1 heteroatoms. The molecule has 0 fully saturated rings. The standard InChI is InChI=1S/C4H6Cl/c1-3-4(2)5/h3-4H,1-2H2. The summed E-state index contributed by atoms with van der Waals surface area (Å²) in [6.07, 6.45) is 1.57. The lowest BCUT2D eigenvalue weighted by Gasteiger charge is -1.80. The van der Waals surface area contributed by atoms with Gasteiger partial charge in [0.05, 0.1) is 5.38 Å². The first-order valence-electron chi connectivity index (χ1n) is 1.37. The van der Waals surface area contributed by atoms with Crippen molar-refractivity contribution in [3.05, 3.63) is 19.6 Å². The minimum absolute atomic E-state index is 0.130. The van der Waals surface area contributed by atoms with E-state index < -0.39 is 0 Å². The highest BCUT2D eigenvalue weighted by Crippen LogP contribution is 1.88. The minimum atomic E-state index is -0.130. The summed E-state index contributed by atoms with van der Waals surface area (Å²) in [5, 5.41) is -0.130. The largest absolute Gasteiger partial charge is 0.118 e. The van der Waals surface area contributed by atoms with Gasteiger partial charge >= 0.3 is 0 Å². The van der Waals surface area contributed by atoms with E-state index in [4.69, 9.17) is 11.6 Å². The number of hydrogen-bond acceptors (Lipinski definition) is 0. The van der Waals surface area contributed by atoms with Crippen molar-refractivity contribution in [2.24, 2.45) is 0 Å². The van der Waals surface area contributed by atoms with Crippen LogP contribution in [0.2, 0.25) is 0 Å². The van der Waals surface area contributed by atoms with Gasteiger partial charge in [-0.3, -0.25) is 0 Å². The molecular formula is C4H6Cl. The summed E-state index contributed by atoms with van der Waals surface area (Å²) in [7, 11) is 0. The van der Waals surface area contributed by atoms with Crippen LogP contribution in [0.1, 0.15) is 0 Å². The van der Waals surface area contributed by atoms with Crippen LogP contribution in [0.25, 0.3) is 0 Å². The number of hydrogen-bond donors (Lipinski definition) is 0. The highest BCUT2D eigenvalue weighted by molar-refractivity contribution is 6.22. The number of rotatable bonds is 1. The molecule has 0 nitrogen and oxygen atoms in total. The minimum Gasteiger partial charge on any atom is -0.118 e. The Morgan fingerprint density at radius 3 is 2.00 bits per heavy atom. The topological polar surface area (TPSA) is 0 Å². The van der Waals surface area contributed by atoms with Crippen molar-refractivity contribution in [2.75, 3.05) is 0 Å². The highest BCUT2D eigenvalue weighted by Gasteiger charge is 1.77. The van der Waals surface area contributed by atoms with Crippen LogP contribution in [0, 0.1) is 6.92 Å². The highest BCUT2D eigenvalue weighted by atomic mass is 35.5. The molecule has 0 saturated carbocycles. The Balaban J connectivity index is 2.83. The summed E-state index contributed by atoms with van der Waals surface area (Å²) >= 11 is 5.23. The second kappa shape index (κ2) is 2.28. The average Bonchev–Trinajstić information content (AvgIpc) is 1.38. The smallest absolute Gasteiger partial charge is 0.0514 e. The molecule has 1 radical (unpaired) electrons. The van der Waals surface area contributed by atoms with Crippen molar-refractivity contribution < 1.29 is 0 Å². The Labute approximate surface area is 37.4 Å². The third kappa shape index (κ3) is 4.03. The molecule has 0 saturated heterocycles. The molecule has 29 valence electrons. The Kier molecular flexibility index (Phi) is 2.29. The van der Waals surface area contributed by atoms with Gasteiger partial charge in [0.25, 0.3) is 0 Å². The zero-order chi connectivity index (χ0) is 4.28. The van der Waals surface area contributed by atoms with Gasteiger partial charge in [0.1, 0.15) is 0 Å². The summed E-state index contributed by atoms with van der Waals surface area (Å²) in [6.45, 7) is 6.77. The quantitative estimate of drug-likeness (QED) is 0.338. The number of halogens is 1. The van der Waals surface area contributed by atoms with E-state index in [2.05, 4.69) is 13.5 Å². The fourth-order valence-corrected chi connectivity index (χ4v) is 0. The van der Waals surface area contributed by atoms with Gasteiger partial charge in [-0.15, -0.1) is 18.2 Å². The maximum atomic E-state index is 5.23. The summed E-state index contributed by atoms with van der Waals surface area (Å²) in [5.41, 5.74) is 0. The molecule has 0 bridgehead atoms. The lowest BCUT2D eigenvalue weighted by atomic mass is 10.5. The van der Waals surface area contributed by atoms with Crippen LogP contribution in [0.15, 0.2) is 12.7 Å². The molecule has 0 spiro atoms. The van der Waals surface area contributed by atoms with Crippen molar-refractivity contribution in [1.82, 2.24) is 0 Å². The predicted octanol–water partition coefficient (Wildman–Crippen LogP) is 1.61. The predicted molar refractivity (Wildman–Crippen MR) is 25.2 cm³/mol. The first-order valence-corrected chi connectivity index (χ1v) is 1.80. The molecule has 5 heavy (non-hydrogen) atoms. The van der Waals surface area contributed by atoms with Crippen LogP contribution in [0.3, 0.4) is 0 Å². The maximum absolute atomic E-state index is 5.23. The third-order valence-corrected chi connectivity index (χ3v) is 0.434. The molecule has 0 aromatic carbocycles. The fourth-order valence-electron chi connectivity index (χ4n) is 0. The normalized spacial score (nSPS) is 14.0. The fraction of sp³-hybridized carbons (Fsp3) is 0.250. The zero-order valence-corrected chi connectivity index (χ0v) is 3.70. The van der Waals surface area contributed by atoms with E-state index >= 15 is 0 Å². The monoisotopic (exact) mass is 89.0 g/mol. The summed E-state index contributed by atoms with van der Waals surface area (Å²) in [6, 6.07) is 0. The molecule has 1 unspecified atom stereocenters. The second-order valence-corrected chi connectivity index (χ2v) is 1.31. The molecule has 0 heterocycles. The van der Waals surface area contributed by atoms with E-state index in [1.807, 2.05) is 0 Å². The van der Waals surface area contributed by atoms with Crippen LogP contribution >= 0.6 is 11.6 Å². The third-order valence-electron chi connectivity index (χ3n) is 0.256. The summed E-state index contributed by atoms with van der Waals surface area (Å²) in [5.74, 6) is 0. The van der Waals surface area contributed by atoms with Crippen LogP contribution < -0.4 is 0 Å². The molecule has 0 N–H and O–H groups in total. The van der Waals surface area contributed by atoms with Gasteiger partial charge in [-0.25, -0.2) is 0 Å².